The second-order valence-corrected chi connectivity index (χ2v) is 4.14. The smallest absolute Gasteiger partial charge is 0.199 e. The van der Waals surface area contributed by atoms with Gasteiger partial charge in [-0.05, 0) is 31.5 Å². The van der Waals surface area contributed by atoms with Crippen LogP contribution in [0.15, 0.2) is 36.4 Å². The van der Waals surface area contributed by atoms with Gasteiger partial charge in [0, 0.05) is 28.7 Å². The quantitative estimate of drug-likeness (QED) is 0.644. The van der Waals surface area contributed by atoms with Gasteiger partial charge >= 0.3 is 0 Å². The van der Waals surface area contributed by atoms with Gasteiger partial charge in [-0.15, -0.1) is 0 Å². The largest absolute Gasteiger partial charge is 0.212 e. The molecule has 0 atom stereocenters. The van der Waals surface area contributed by atoms with E-state index in [4.69, 9.17) is 4.11 Å². The number of aromatic nitrogens is 1. The molecule has 0 radical (unpaired) electrons. The van der Waals surface area contributed by atoms with Crippen molar-refractivity contribution >= 4 is 0 Å². The highest BCUT2D eigenvalue weighted by Gasteiger charge is 2.13. The summed E-state index contributed by atoms with van der Waals surface area (Å²) in [6, 6.07) is 11.5. The molecule has 0 saturated heterocycles. The van der Waals surface area contributed by atoms with Crippen LogP contribution in [0.25, 0.3) is 11.3 Å². The van der Waals surface area contributed by atoms with Crippen LogP contribution < -0.4 is 4.57 Å². The highest BCUT2D eigenvalue weighted by atomic mass is 14.9. The van der Waals surface area contributed by atoms with E-state index in [0.29, 0.717) is 5.56 Å². The maximum Gasteiger partial charge on any atom is 0.212 e. The third kappa shape index (κ3) is 1.85. The molecule has 16 heavy (non-hydrogen) atoms. The fourth-order valence-corrected chi connectivity index (χ4v) is 1.91. The highest BCUT2D eigenvalue weighted by molar-refractivity contribution is 5.61. The van der Waals surface area contributed by atoms with Crippen molar-refractivity contribution in [2.45, 2.75) is 20.7 Å². The highest BCUT2D eigenvalue weighted by Crippen LogP contribution is 2.21. The van der Waals surface area contributed by atoms with Crippen LogP contribution in [0.1, 0.15) is 20.9 Å². The molecule has 0 saturated carbocycles. The van der Waals surface area contributed by atoms with Gasteiger partial charge in [0.05, 0.1) is 0 Å². The zero-order valence-corrected chi connectivity index (χ0v) is 9.91. The number of hydrogen-bond donors (Lipinski definition) is 0. The van der Waals surface area contributed by atoms with Gasteiger partial charge < -0.3 is 0 Å². The summed E-state index contributed by atoms with van der Waals surface area (Å²) >= 11 is 0. The summed E-state index contributed by atoms with van der Waals surface area (Å²) in [4.78, 5) is 0. The molecular formula is C15H18N+. The molecule has 0 bridgehead atoms. The Balaban J connectivity index is 2.56. The SMILES string of the molecule is [2H]C([2H])([2H])c1ccc(-c2cccc(C)[n+]2C)c(C)c1. The summed E-state index contributed by atoms with van der Waals surface area (Å²) in [6.45, 7) is 1.96. The third-order valence-corrected chi connectivity index (χ3v) is 2.98. The molecule has 0 N–H and O–H groups in total. The van der Waals surface area contributed by atoms with Crippen LogP contribution in [0.5, 0.6) is 0 Å². The summed E-state index contributed by atoms with van der Waals surface area (Å²) in [5.74, 6) is 0. The van der Waals surface area contributed by atoms with E-state index in [2.05, 4.69) is 17.6 Å². The van der Waals surface area contributed by atoms with E-state index >= 15 is 0 Å². The van der Waals surface area contributed by atoms with Crippen LogP contribution in [0.4, 0.5) is 0 Å². The van der Waals surface area contributed by atoms with Gasteiger partial charge in [-0.2, -0.15) is 4.57 Å². The van der Waals surface area contributed by atoms with E-state index in [-0.39, 0.29) is 0 Å². The number of pyridine rings is 1. The van der Waals surface area contributed by atoms with Crippen molar-refractivity contribution in [1.29, 1.82) is 0 Å². The minimum Gasteiger partial charge on any atom is -0.199 e. The van der Waals surface area contributed by atoms with Crippen molar-refractivity contribution in [3.05, 3.63) is 53.2 Å². The van der Waals surface area contributed by atoms with E-state index in [1.165, 1.54) is 0 Å². The number of nitrogens with zero attached hydrogens (tertiary/aromatic N) is 1. The fraction of sp³-hybridized carbons (Fsp3) is 0.267. The lowest BCUT2D eigenvalue weighted by Crippen LogP contribution is -2.34. The molecule has 0 unspecified atom stereocenters. The van der Waals surface area contributed by atoms with Gasteiger partial charge in [0.15, 0.2) is 5.69 Å². The Morgan fingerprint density at radius 1 is 1.12 bits per heavy atom. The lowest BCUT2D eigenvalue weighted by Gasteiger charge is -2.06. The van der Waals surface area contributed by atoms with Gasteiger partial charge in [-0.3, -0.25) is 0 Å². The van der Waals surface area contributed by atoms with Crippen LogP contribution in [0.3, 0.4) is 0 Å². The van der Waals surface area contributed by atoms with Gasteiger partial charge in [0.2, 0.25) is 5.69 Å². The molecular weight excluding hydrogens is 194 g/mol. The van der Waals surface area contributed by atoms with Crippen LogP contribution in [-0.2, 0) is 7.05 Å². The van der Waals surface area contributed by atoms with Gasteiger partial charge in [-0.25, -0.2) is 0 Å². The standard InChI is InChI=1S/C15H18N/c1-11-8-9-14(12(2)10-11)15-7-5-6-13(3)16(15)4/h5-10H,1-4H3/q+1/i1D3. The summed E-state index contributed by atoms with van der Waals surface area (Å²) in [7, 11) is 2.02. The first-order valence-corrected chi connectivity index (χ1v) is 5.38. The number of rotatable bonds is 1. The Morgan fingerprint density at radius 2 is 1.94 bits per heavy atom. The van der Waals surface area contributed by atoms with E-state index < -0.39 is 6.85 Å². The first-order valence-electron chi connectivity index (χ1n) is 6.88. The third-order valence-electron chi connectivity index (χ3n) is 2.98. The van der Waals surface area contributed by atoms with Gasteiger partial charge in [-0.1, -0.05) is 17.7 Å². The minimum atomic E-state index is -2.04. The monoisotopic (exact) mass is 215 g/mol. The van der Waals surface area contributed by atoms with E-state index in [1.807, 2.05) is 32.2 Å². The Bertz CT molecular complexity index is 615. The maximum atomic E-state index is 7.45. The van der Waals surface area contributed by atoms with Gasteiger partial charge in [0.1, 0.15) is 7.05 Å². The Hall–Kier alpha value is -1.63. The molecule has 0 aliphatic heterocycles. The first-order chi connectivity index (χ1) is 8.80. The molecule has 1 heterocycles. The molecule has 2 aromatic rings. The zero-order valence-electron chi connectivity index (χ0n) is 12.9. The molecule has 1 aromatic heterocycles. The second kappa shape index (κ2) is 4.09. The van der Waals surface area contributed by atoms with Crippen molar-refractivity contribution in [2.75, 3.05) is 0 Å². The maximum absolute atomic E-state index is 7.45. The van der Waals surface area contributed by atoms with Crippen molar-refractivity contribution in [2.24, 2.45) is 7.05 Å². The van der Waals surface area contributed by atoms with Crippen LogP contribution in [-0.4, -0.2) is 0 Å². The summed E-state index contributed by atoms with van der Waals surface area (Å²) in [5.41, 5.74) is 4.70. The van der Waals surface area contributed by atoms with Crippen molar-refractivity contribution in [3.63, 3.8) is 0 Å². The average Bonchev–Trinajstić information content (AvgIpc) is 2.32. The summed E-state index contributed by atoms with van der Waals surface area (Å²) in [6.07, 6.45) is 0. The molecule has 1 heteroatoms. The minimum absolute atomic E-state index is 0.393. The molecule has 1 nitrogen and oxygen atoms in total. The predicted octanol–water partition coefficient (Wildman–Crippen LogP) is 3.10. The topological polar surface area (TPSA) is 3.88 Å². The summed E-state index contributed by atoms with van der Waals surface area (Å²) < 4.78 is 24.5. The molecule has 0 amide bonds. The number of hydrogen-bond acceptors (Lipinski definition) is 0. The molecule has 82 valence electrons. The van der Waals surface area contributed by atoms with E-state index in [9.17, 15) is 0 Å². The lowest BCUT2D eigenvalue weighted by atomic mass is 10.0. The zero-order chi connectivity index (χ0) is 14.2. The van der Waals surface area contributed by atoms with Crippen LogP contribution in [0, 0.1) is 20.7 Å². The molecule has 0 fully saturated rings. The molecule has 0 aliphatic rings. The predicted molar refractivity (Wildman–Crippen MR) is 67.3 cm³/mol. The van der Waals surface area contributed by atoms with Crippen LogP contribution >= 0.6 is 0 Å². The normalized spacial score (nSPS) is 14.1. The molecule has 1 aromatic carbocycles. The number of benzene rings is 1. The van der Waals surface area contributed by atoms with Crippen molar-refractivity contribution < 1.29 is 8.68 Å². The fourth-order valence-electron chi connectivity index (χ4n) is 1.91. The number of aryl methyl sites for hydroxylation is 3. The lowest BCUT2D eigenvalue weighted by molar-refractivity contribution is -0.666. The van der Waals surface area contributed by atoms with Crippen molar-refractivity contribution in [3.8, 4) is 11.3 Å². The van der Waals surface area contributed by atoms with Crippen LogP contribution in [0.2, 0.25) is 0 Å². The molecule has 0 spiro atoms. The average molecular weight is 215 g/mol. The Labute approximate surface area is 102 Å². The van der Waals surface area contributed by atoms with Gasteiger partial charge in [0.25, 0.3) is 0 Å². The second-order valence-electron chi connectivity index (χ2n) is 4.14. The first kappa shape index (κ1) is 7.61. The summed E-state index contributed by atoms with van der Waals surface area (Å²) in [5, 5.41) is 0. The van der Waals surface area contributed by atoms with E-state index in [0.717, 1.165) is 22.5 Å². The molecule has 2 rings (SSSR count). The molecule has 0 aliphatic carbocycles. The van der Waals surface area contributed by atoms with E-state index in [1.54, 1.807) is 12.1 Å². The Morgan fingerprint density at radius 3 is 2.62 bits per heavy atom. The Kier molecular flexibility index (Phi) is 1.95. The van der Waals surface area contributed by atoms with Crippen molar-refractivity contribution in [1.82, 2.24) is 0 Å².